The molecule has 8 heteroatoms. The highest BCUT2D eigenvalue weighted by atomic mass is 35.5. The van der Waals surface area contributed by atoms with E-state index in [4.69, 9.17) is 11.6 Å². The SMILES string of the molecule is Clc1cnc(Nc2cnn(Cc3ccc[nH]3)c2)nc1NCc1ccccc1. The maximum absolute atomic E-state index is 6.21. The monoisotopic (exact) mass is 379 g/mol. The van der Waals surface area contributed by atoms with Crippen molar-refractivity contribution in [3.05, 3.63) is 83.5 Å². The van der Waals surface area contributed by atoms with Gasteiger partial charge in [0.1, 0.15) is 5.02 Å². The minimum absolute atomic E-state index is 0.453. The van der Waals surface area contributed by atoms with Crippen LogP contribution in [-0.2, 0) is 13.1 Å². The molecule has 0 saturated carbocycles. The van der Waals surface area contributed by atoms with Crippen molar-refractivity contribution in [2.45, 2.75) is 13.1 Å². The first kappa shape index (κ1) is 17.1. The van der Waals surface area contributed by atoms with E-state index < -0.39 is 0 Å². The van der Waals surface area contributed by atoms with Gasteiger partial charge >= 0.3 is 0 Å². The van der Waals surface area contributed by atoms with E-state index in [2.05, 4.69) is 30.7 Å². The number of aromatic nitrogens is 5. The van der Waals surface area contributed by atoms with Gasteiger partial charge in [0.15, 0.2) is 5.82 Å². The number of nitrogens with one attached hydrogen (secondary N) is 3. The molecule has 1 aromatic carbocycles. The Morgan fingerprint density at radius 2 is 1.96 bits per heavy atom. The van der Waals surface area contributed by atoms with Crippen molar-refractivity contribution in [3.8, 4) is 0 Å². The lowest BCUT2D eigenvalue weighted by atomic mass is 10.2. The Bertz CT molecular complexity index is 996. The lowest BCUT2D eigenvalue weighted by Crippen LogP contribution is -2.05. The summed E-state index contributed by atoms with van der Waals surface area (Å²) in [5.41, 5.74) is 3.03. The van der Waals surface area contributed by atoms with Crippen molar-refractivity contribution in [1.82, 2.24) is 24.7 Å². The highest BCUT2D eigenvalue weighted by molar-refractivity contribution is 6.32. The molecule has 0 unspecified atom stereocenters. The Kier molecular flexibility index (Phi) is 5.02. The number of aromatic amines is 1. The van der Waals surface area contributed by atoms with Gasteiger partial charge < -0.3 is 15.6 Å². The fraction of sp³-hybridized carbons (Fsp3) is 0.105. The van der Waals surface area contributed by atoms with Crippen molar-refractivity contribution in [1.29, 1.82) is 0 Å². The minimum Gasteiger partial charge on any atom is -0.365 e. The maximum atomic E-state index is 6.21. The van der Waals surface area contributed by atoms with Gasteiger partial charge in [0.2, 0.25) is 5.95 Å². The van der Waals surface area contributed by atoms with Crippen LogP contribution >= 0.6 is 11.6 Å². The molecule has 0 aliphatic heterocycles. The van der Waals surface area contributed by atoms with E-state index in [9.17, 15) is 0 Å². The number of benzene rings is 1. The highest BCUT2D eigenvalue weighted by Crippen LogP contribution is 2.22. The molecule has 0 spiro atoms. The van der Waals surface area contributed by atoms with Gasteiger partial charge in [-0.1, -0.05) is 41.9 Å². The molecule has 0 bridgehead atoms. The van der Waals surface area contributed by atoms with Gasteiger partial charge in [0, 0.05) is 24.6 Å². The van der Waals surface area contributed by atoms with E-state index in [1.165, 1.54) is 0 Å². The van der Waals surface area contributed by atoms with Crippen molar-refractivity contribution in [2.75, 3.05) is 10.6 Å². The van der Waals surface area contributed by atoms with Crippen molar-refractivity contribution < 1.29 is 0 Å². The van der Waals surface area contributed by atoms with E-state index in [-0.39, 0.29) is 0 Å². The summed E-state index contributed by atoms with van der Waals surface area (Å²) >= 11 is 6.21. The number of nitrogens with zero attached hydrogens (tertiary/aromatic N) is 4. The minimum atomic E-state index is 0.453. The van der Waals surface area contributed by atoms with Crippen LogP contribution in [-0.4, -0.2) is 24.7 Å². The summed E-state index contributed by atoms with van der Waals surface area (Å²) < 4.78 is 1.83. The zero-order valence-corrected chi connectivity index (χ0v) is 15.2. The van der Waals surface area contributed by atoms with Gasteiger partial charge in [0.05, 0.1) is 24.6 Å². The molecule has 0 radical (unpaired) electrons. The molecule has 4 rings (SSSR count). The lowest BCUT2D eigenvalue weighted by Gasteiger charge is -2.09. The first-order valence-corrected chi connectivity index (χ1v) is 8.86. The van der Waals surface area contributed by atoms with E-state index in [1.807, 2.05) is 59.5 Å². The molecule has 0 amide bonds. The Hall–Kier alpha value is -3.32. The third-order valence-corrected chi connectivity index (χ3v) is 4.21. The van der Waals surface area contributed by atoms with E-state index in [0.717, 1.165) is 16.9 Å². The molecule has 27 heavy (non-hydrogen) atoms. The molecular formula is C19H18ClN7. The molecule has 3 N–H and O–H groups in total. The Morgan fingerprint density at radius 3 is 2.78 bits per heavy atom. The zero-order valence-electron chi connectivity index (χ0n) is 14.4. The van der Waals surface area contributed by atoms with Gasteiger partial charge in [0.25, 0.3) is 0 Å². The third kappa shape index (κ3) is 4.45. The normalized spacial score (nSPS) is 10.7. The van der Waals surface area contributed by atoms with Crippen LogP contribution in [0.2, 0.25) is 5.02 Å². The number of anilines is 3. The number of rotatable bonds is 7. The van der Waals surface area contributed by atoms with Crippen LogP contribution in [0.25, 0.3) is 0 Å². The van der Waals surface area contributed by atoms with Crippen LogP contribution < -0.4 is 10.6 Å². The second kappa shape index (κ2) is 7.92. The largest absolute Gasteiger partial charge is 0.365 e. The van der Waals surface area contributed by atoms with E-state index in [0.29, 0.717) is 29.9 Å². The molecule has 3 heterocycles. The summed E-state index contributed by atoms with van der Waals surface area (Å²) in [6.07, 6.45) is 7.10. The number of halogens is 1. The van der Waals surface area contributed by atoms with Crippen molar-refractivity contribution in [2.24, 2.45) is 0 Å². The topological polar surface area (TPSA) is 83.5 Å². The van der Waals surface area contributed by atoms with Gasteiger partial charge in [-0.25, -0.2) is 4.98 Å². The Morgan fingerprint density at radius 1 is 1.07 bits per heavy atom. The van der Waals surface area contributed by atoms with Gasteiger partial charge in [-0.2, -0.15) is 10.1 Å². The molecule has 0 fully saturated rings. The molecule has 7 nitrogen and oxygen atoms in total. The first-order chi connectivity index (χ1) is 13.3. The van der Waals surface area contributed by atoms with Crippen molar-refractivity contribution >= 4 is 29.1 Å². The summed E-state index contributed by atoms with van der Waals surface area (Å²) in [4.78, 5) is 11.9. The molecule has 3 aromatic heterocycles. The molecule has 4 aromatic rings. The summed E-state index contributed by atoms with van der Waals surface area (Å²) in [5, 5.41) is 11.2. The lowest BCUT2D eigenvalue weighted by molar-refractivity contribution is 0.676. The number of H-pyrrole nitrogens is 1. The van der Waals surface area contributed by atoms with E-state index >= 15 is 0 Å². The fourth-order valence-electron chi connectivity index (χ4n) is 2.62. The smallest absolute Gasteiger partial charge is 0.229 e. The standard InChI is InChI=1S/C19H18ClN7/c20-17-11-23-19(26-18(17)22-9-14-5-2-1-3-6-14)25-16-10-24-27(13-16)12-15-7-4-8-21-15/h1-8,10-11,13,21H,9,12H2,(H2,22,23,25,26). The Labute approximate surface area is 161 Å². The molecule has 0 aliphatic carbocycles. The summed E-state index contributed by atoms with van der Waals surface area (Å²) in [6, 6.07) is 14.0. The zero-order chi connectivity index (χ0) is 18.5. The molecule has 0 aliphatic rings. The average Bonchev–Trinajstić information content (AvgIpc) is 3.36. The maximum Gasteiger partial charge on any atom is 0.229 e. The quantitative estimate of drug-likeness (QED) is 0.451. The predicted octanol–water partition coefficient (Wildman–Crippen LogP) is 4.06. The number of hydrogen-bond acceptors (Lipinski definition) is 5. The van der Waals surface area contributed by atoms with Crippen LogP contribution in [0.1, 0.15) is 11.3 Å². The second-order valence-electron chi connectivity index (χ2n) is 5.98. The summed E-state index contributed by atoms with van der Waals surface area (Å²) in [5.74, 6) is 1.03. The Balaban J connectivity index is 1.42. The second-order valence-corrected chi connectivity index (χ2v) is 6.38. The van der Waals surface area contributed by atoms with Crippen molar-refractivity contribution in [3.63, 3.8) is 0 Å². The number of hydrogen-bond donors (Lipinski definition) is 3. The first-order valence-electron chi connectivity index (χ1n) is 8.48. The fourth-order valence-corrected chi connectivity index (χ4v) is 2.77. The average molecular weight is 380 g/mol. The third-order valence-electron chi connectivity index (χ3n) is 3.93. The van der Waals surface area contributed by atoms with Crippen LogP contribution in [0, 0.1) is 0 Å². The van der Waals surface area contributed by atoms with E-state index in [1.54, 1.807) is 12.4 Å². The van der Waals surface area contributed by atoms with Crippen LogP contribution in [0.5, 0.6) is 0 Å². The molecule has 0 saturated heterocycles. The van der Waals surface area contributed by atoms with Gasteiger partial charge in [-0.05, 0) is 17.7 Å². The summed E-state index contributed by atoms with van der Waals surface area (Å²) in [7, 11) is 0. The van der Waals surface area contributed by atoms with Gasteiger partial charge in [-0.3, -0.25) is 4.68 Å². The van der Waals surface area contributed by atoms with Crippen LogP contribution in [0.4, 0.5) is 17.5 Å². The summed E-state index contributed by atoms with van der Waals surface area (Å²) in [6.45, 7) is 1.30. The predicted molar refractivity (Wildman–Crippen MR) is 106 cm³/mol. The van der Waals surface area contributed by atoms with Gasteiger partial charge in [-0.15, -0.1) is 0 Å². The van der Waals surface area contributed by atoms with Crippen LogP contribution in [0.15, 0.2) is 67.3 Å². The molecule has 0 atom stereocenters. The molecule has 136 valence electrons. The molecular weight excluding hydrogens is 362 g/mol. The van der Waals surface area contributed by atoms with Crippen LogP contribution in [0.3, 0.4) is 0 Å². The highest BCUT2D eigenvalue weighted by Gasteiger charge is 2.07.